The van der Waals surface area contributed by atoms with E-state index in [1.165, 1.54) is 12.1 Å². The fourth-order valence-corrected chi connectivity index (χ4v) is 1.94. The molecule has 0 atom stereocenters. The molecule has 0 radical (unpaired) electrons. The molecule has 0 saturated heterocycles. The molecule has 2 rings (SSSR count). The number of hydrogen-bond donors (Lipinski definition) is 0. The molecule has 21 heavy (non-hydrogen) atoms. The molecule has 0 unspecified atom stereocenters. The summed E-state index contributed by atoms with van der Waals surface area (Å²) >= 11 is 0. The van der Waals surface area contributed by atoms with Gasteiger partial charge in [0, 0.05) is 12.1 Å². The van der Waals surface area contributed by atoms with Gasteiger partial charge in [0.2, 0.25) is 0 Å². The van der Waals surface area contributed by atoms with E-state index in [4.69, 9.17) is 0 Å². The first kappa shape index (κ1) is 14.5. The van der Waals surface area contributed by atoms with Crippen LogP contribution in [0.15, 0.2) is 55.6 Å². The minimum absolute atomic E-state index is 0.0904. The lowest BCUT2D eigenvalue weighted by molar-refractivity contribution is -0.384. The average molecular weight is 277 g/mol. The summed E-state index contributed by atoms with van der Waals surface area (Å²) in [6.07, 6.45) is 7.46. The van der Waals surface area contributed by atoms with Gasteiger partial charge >= 0.3 is 0 Å². The van der Waals surface area contributed by atoms with Crippen LogP contribution >= 0.6 is 0 Å². The maximum atomic E-state index is 10.6. The van der Waals surface area contributed by atoms with Crippen molar-refractivity contribution in [1.82, 2.24) is 0 Å². The minimum atomic E-state index is -0.406. The van der Waals surface area contributed by atoms with Crippen molar-refractivity contribution in [1.29, 1.82) is 0 Å². The fourth-order valence-electron chi connectivity index (χ4n) is 1.94. The highest BCUT2D eigenvalue weighted by Crippen LogP contribution is 2.19. The monoisotopic (exact) mass is 277 g/mol. The molecule has 3 nitrogen and oxygen atoms in total. The number of hydrogen-bond acceptors (Lipinski definition) is 2. The van der Waals surface area contributed by atoms with E-state index < -0.39 is 4.92 Å². The summed E-state index contributed by atoms with van der Waals surface area (Å²) in [6, 6.07) is 12.4. The van der Waals surface area contributed by atoms with Crippen LogP contribution in [0.5, 0.6) is 0 Å². The van der Waals surface area contributed by atoms with Crippen LogP contribution in [0.3, 0.4) is 0 Å². The zero-order chi connectivity index (χ0) is 15.2. The summed E-state index contributed by atoms with van der Waals surface area (Å²) in [4.78, 5) is 10.2. The van der Waals surface area contributed by atoms with E-state index >= 15 is 0 Å². The number of benzene rings is 2. The largest absolute Gasteiger partial charge is 0.269 e. The Morgan fingerprint density at radius 3 is 2.10 bits per heavy atom. The minimum Gasteiger partial charge on any atom is -0.258 e. The molecule has 104 valence electrons. The maximum Gasteiger partial charge on any atom is 0.269 e. The van der Waals surface area contributed by atoms with Crippen LogP contribution in [-0.4, -0.2) is 4.92 Å². The van der Waals surface area contributed by atoms with Crippen LogP contribution in [0.1, 0.15) is 22.3 Å². The van der Waals surface area contributed by atoms with Gasteiger partial charge in [0.25, 0.3) is 5.69 Å². The van der Waals surface area contributed by atoms with Crippen molar-refractivity contribution in [3.8, 4) is 0 Å². The van der Waals surface area contributed by atoms with E-state index in [9.17, 15) is 10.1 Å². The predicted molar refractivity (Wildman–Crippen MR) is 88.6 cm³/mol. The van der Waals surface area contributed by atoms with Gasteiger partial charge in [-0.05, 0) is 40.5 Å². The van der Waals surface area contributed by atoms with Crippen LogP contribution in [0.2, 0.25) is 0 Å². The molecule has 2 aromatic rings. The Balaban J connectivity index is 2.29. The Hall–Kier alpha value is -2.94. The first-order chi connectivity index (χ1) is 10.1. The van der Waals surface area contributed by atoms with Gasteiger partial charge in [0.1, 0.15) is 0 Å². The first-order valence-corrected chi connectivity index (χ1v) is 6.45. The highest BCUT2D eigenvalue weighted by Gasteiger charge is 2.02. The number of non-ortho nitro benzene ring substituents is 1. The SMILES string of the molecule is C=Cc1ccc(C=C)c(C=Cc2ccc([N+](=O)[O-])cc2)c1. The summed E-state index contributed by atoms with van der Waals surface area (Å²) in [5.74, 6) is 0. The summed E-state index contributed by atoms with van der Waals surface area (Å²) in [6.45, 7) is 7.56. The van der Waals surface area contributed by atoms with E-state index in [0.717, 1.165) is 22.3 Å². The average Bonchev–Trinajstić information content (AvgIpc) is 2.52. The third-order valence-corrected chi connectivity index (χ3v) is 3.13. The Morgan fingerprint density at radius 1 is 0.857 bits per heavy atom. The number of nitro groups is 1. The summed E-state index contributed by atoms with van der Waals surface area (Å²) < 4.78 is 0. The topological polar surface area (TPSA) is 43.1 Å². The van der Waals surface area contributed by atoms with E-state index in [0.29, 0.717) is 0 Å². The Morgan fingerprint density at radius 2 is 1.52 bits per heavy atom. The molecule has 0 spiro atoms. The molecule has 0 N–H and O–H groups in total. The molecule has 0 saturated carbocycles. The Kier molecular flexibility index (Phi) is 4.46. The summed E-state index contributed by atoms with van der Waals surface area (Å²) in [5.41, 5.74) is 4.08. The number of nitrogens with zero attached hydrogens (tertiary/aromatic N) is 1. The quantitative estimate of drug-likeness (QED) is 0.436. The van der Waals surface area contributed by atoms with E-state index in [1.54, 1.807) is 24.3 Å². The van der Waals surface area contributed by atoms with Crippen molar-refractivity contribution in [2.24, 2.45) is 0 Å². The molecule has 0 aliphatic carbocycles. The van der Waals surface area contributed by atoms with Gasteiger partial charge in [-0.3, -0.25) is 10.1 Å². The molecule has 0 aliphatic rings. The molecule has 2 aromatic carbocycles. The van der Waals surface area contributed by atoms with Gasteiger partial charge in [-0.15, -0.1) is 0 Å². The number of nitro benzene ring substituents is 1. The summed E-state index contributed by atoms with van der Waals surface area (Å²) in [7, 11) is 0. The normalized spacial score (nSPS) is 10.5. The maximum absolute atomic E-state index is 10.6. The highest BCUT2D eigenvalue weighted by atomic mass is 16.6. The second kappa shape index (κ2) is 6.48. The van der Waals surface area contributed by atoms with Crippen molar-refractivity contribution in [3.05, 3.63) is 88.0 Å². The molecule has 0 fully saturated rings. The first-order valence-electron chi connectivity index (χ1n) is 6.45. The van der Waals surface area contributed by atoms with Gasteiger partial charge < -0.3 is 0 Å². The third kappa shape index (κ3) is 3.54. The summed E-state index contributed by atoms with van der Waals surface area (Å²) in [5, 5.41) is 10.6. The van der Waals surface area contributed by atoms with Crippen molar-refractivity contribution < 1.29 is 4.92 Å². The molecule has 3 heteroatoms. The smallest absolute Gasteiger partial charge is 0.258 e. The lowest BCUT2D eigenvalue weighted by Gasteiger charge is -2.03. The molecule has 0 aliphatic heterocycles. The highest BCUT2D eigenvalue weighted by molar-refractivity contribution is 5.76. The second-order valence-corrected chi connectivity index (χ2v) is 4.48. The lowest BCUT2D eigenvalue weighted by Crippen LogP contribution is -1.86. The molecule has 0 bridgehead atoms. The van der Waals surface area contributed by atoms with E-state index in [-0.39, 0.29) is 5.69 Å². The van der Waals surface area contributed by atoms with Crippen LogP contribution in [0.25, 0.3) is 24.3 Å². The molecule has 0 heterocycles. The Bertz CT molecular complexity index is 712. The van der Waals surface area contributed by atoms with Crippen molar-refractivity contribution >= 4 is 30.0 Å². The van der Waals surface area contributed by atoms with Crippen molar-refractivity contribution in [2.75, 3.05) is 0 Å². The van der Waals surface area contributed by atoms with Crippen molar-refractivity contribution in [3.63, 3.8) is 0 Å². The van der Waals surface area contributed by atoms with Gasteiger partial charge in [0.15, 0.2) is 0 Å². The second-order valence-electron chi connectivity index (χ2n) is 4.48. The van der Waals surface area contributed by atoms with Crippen LogP contribution in [0, 0.1) is 10.1 Å². The van der Waals surface area contributed by atoms with Crippen molar-refractivity contribution in [2.45, 2.75) is 0 Å². The zero-order valence-corrected chi connectivity index (χ0v) is 11.5. The van der Waals surface area contributed by atoms with E-state index in [1.807, 2.05) is 30.4 Å². The van der Waals surface area contributed by atoms with Crippen LogP contribution in [0.4, 0.5) is 5.69 Å². The number of rotatable bonds is 5. The van der Waals surface area contributed by atoms with Gasteiger partial charge in [-0.25, -0.2) is 0 Å². The van der Waals surface area contributed by atoms with Crippen LogP contribution in [-0.2, 0) is 0 Å². The van der Waals surface area contributed by atoms with E-state index in [2.05, 4.69) is 13.2 Å². The Labute approximate surface area is 123 Å². The third-order valence-electron chi connectivity index (χ3n) is 3.13. The predicted octanol–water partition coefficient (Wildman–Crippen LogP) is 5.05. The van der Waals surface area contributed by atoms with Gasteiger partial charge in [0.05, 0.1) is 4.92 Å². The standard InChI is InChI=1S/C18H15NO2/c1-3-14-5-9-16(4-2)17(13-14)10-6-15-7-11-18(12-8-15)19(20)21/h3-13H,1-2H2. The van der Waals surface area contributed by atoms with Gasteiger partial charge in [-0.2, -0.15) is 0 Å². The molecule has 0 aromatic heterocycles. The fraction of sp³-hybridized carbons (Fsp3) is 0. The molecular weight excluding hydrogens is 262 g/mol. The van der Waals surface area contributed by atoms with Crippen LogP contribution < -0.4 is 0 Å². The lowest BCUT2D eigenvalue weighted by atomic mass is 10.0. The molecular formula is C18H15NO2. The zero-order valence-electron chi connectivity index (χ0n) is 11.5. The van der Waals surface area contributed by atoms with Gasteiger partial charge in [-0.1, -0.05) is 49.6 Å². The molecule has 0 amide bonds.